The number of hydrogen-bond donors (Lipinski definition) is 2. The number of primary amides is 1. The lowest BCUT2D eigenvalue weighted by Crippen LogP contribution is -2.32. The van der Waals surface area contributed by atoms with Crippen LogP contribution in [-0.4, -0.2) is 32.7 Å². The predicted molar refractivity (Wildman–Crippen MR) is 104 cm³/mol. The number of ether oxygens (including phenoxy) is 1. The summed E-state index contributed by atoms with van der Waals surface area (Å²) in [7, 11) is 0. The SMILES string of the molecule is CC(=O)c1cc(N[C@@H](C)C(N)=O)nc(-c2ccc(Oc3cccc(F)n3)cc2)n1. The van der Waals surface area contributed by atoms with E-state index in [0.29, 0.717) is 17.1 Å². The van der Waals surface area contributed by atoms with Gasteiger partial charge in [-0.15, -0.1) is 0 Å². The number of rotatable bonds is 7. The minimum Gasteiger partial charge on any atom is -0.439 e. The lowest BCUT2D eigenvalue weighted by atomic mass is 10.2. The van der Waals surface area contributed by atoms with Crippen molar-refractivity contribution in [2.75, 3.05) is 5.32 Å². The van der Waals surface area contributed by atoms with Gasteiger partial charge in [-0.2, -0.15) is 9.37 Å². The predicted octanol–water partition coefficient (Wildman–Crippen LogP) is 2.96. The minimum atomic E-state index is -0.674. The van der Waals surface area contributed by atoms with E-state index in [0.717, 1.165) is 0 Å². The number of carbonyl (C=O) groups excluding carboxylic acids is 2. The van der Waals surface area contributed by atoms with Gasteiger partial charge in [0.25, 0.3) is 0 Å². The molecule has 148 valence electrons. The van der Waals surface area contributed by atoms with Crippen LogP contribution in [0.3, 0.4) is 0 Å². The minimum absolute atomic E-state index is 0.125. The first-order chi connectivity index (χ1) is 13.8. The molecule has 0 bridgehead atoms. The van der Waals surface area contributed by atoms with E-state index >= 15 is 0 Å². The van der Waals surface area contributed by atoms with Crippen molar-refractivity contribution < 1.29 is 18.7 Å². The topological polar surface area (TPSA) is 120 Å². The van der Waals surface area contributed by atoms with Crippen molar-refractivity contribution in [2.24, 2.45) is 5.73 Å². The van der Waals surface area contributed by atoms with Crippen LogP contribution in [0.1, 0.15) is 24.3 Å². The van der Waals surface area contributed by atoms with Gasteiger partial charge in [0.1, 0.15) is 23.3 Å². The molecule has 1 aromatic carbocycles. The molecule has 0 unspecified atom stereocenters. The van der Waals surface area contributed by atoms with Gasteiger partial charge in [0.2, 0.25) is 17.7 Å². The zero-order valence-corrected chi connectivity index (χ0v) is 15.7. The molecule has 3 aromatic rings. The molecule has 29 heavy (non-hydrogen) atoms. The molecular formula is C20H18FN5O3. The van der Waals surface area contributed by atoms with Gasteiger partial charge < -0.3 is 15.8 Å². The van der Waals surface area contributed by atoms with E-state index in [9.17, 15) is 14.0 Å². The Balaban J connectivity index is 1.87. The van der Waals surface area contributed by atoms with Crippen LogP contribution in [-0.2, 0) is 4.79 Å². The number of nitrogens with zero attached hydrogens (tertiary/aromatic N) is 3. The fourth-order valence-electron chi connectivity index (χ4n) is 2.36. The van der Waals surface area contributed by atoms with Crippen molar-refractivity contribution in [1.82, 2.24) is 15.0 Å². The van der Waals surface area contributed by atoms with Crippen LogP contribution in [0.15, 0.2) is 48.5 Å². The van der Waals surface area contributed by atoms with Crippen LogP contribution in [0.5, 0.6) is 11.6 Å². The molecular weight excluding hydrogens is 377 g/mol. The highest BCUT2D eigenvalue weighted by Gasteiger charge is 2.14. The number of carbonyl (C=O) groups is 2. The number of anilines is 1. The van der Waals surface area contributed by atoms with Gasteiger partial charge in [-0.05, 0) is 37.3 Å². The van der Waals surface area contributed by atoms with Crippen molar-refractivity contribution in [1.29, 1.82) is 0 Å². The second kappa shape index (κ2) is 8.42. The molecule has 0 saturated carbocycles. The number of pyridine rings is 1. The van der Waals surface area contributed by atoms with Crippen LogP contribution >= 0.6 is 0 Å². The zero-order valence-electron chi connectivity index (χ0n) is 15.7. The quantitative estimate of drug-likeness (QED) is 0.466. The van der Waals surface area contributed by atoms with Gasteiger partial charge in [0, 0.05) is 24.6 Å². The maximum Gasteiger partial charge on any atom is 0.239 e. The lowest BCUT2D eigenvalue weighted by Gasteiger charge is -2.13. The van der Waals surface area contributed by atoms with Crippen LogP contribution in [0, 0.1) is 5.95 Å². The van der Waals surface area contributed by atoms with E-state index in [-0.39, 0.29) is 23.2 Å². The molecule has 3 N–H and O–H groups in total. The van der Waals surface area contributed by atoms with Crippen LogP contribution in [0.25, 0.3) is 11.4 Å². The second-order valence-electron chi connectivity index (χ2n) is 6.21. The Morgan fingerprint density at radius 3 is 2.45 bits per heavy atom. The number of amides is 1. The van der Waals surface area contributed by atoms with Crippen molar-refractivity contribution in [2.45, 2.75) is 19.9 Å². The molecule has 2 heterocycles. The third-order valence-corrected chi connectivity index (χ3v) is 3.90. The molecule has 0 aliphatic heterocycles. The number of benzene rings is 1. The van der Waals surface area contributed by atoms with E-state index in [4.69, 9.17) is 10.5 Å². The summed E-state index contributed by atoms with van der Waals surface area (Å²) in [6.07, 6.45) is 0. The standard InChI is InChI=1S/C20H18FN5O3/c1-11(19(22)28)23-17-10-15(12(2)27)24-20(26-17)13-6-8-14(9-7-13)29-18-5-3-4-16(21)25-18/h3-11H,1-2H3,(H2,22,28)(H,23,24,26)/t11-/m0/s1. The summed E-state index contributed by atoms with van der Waals surface area (Å²) < 4.78 is 18.7. The monoisotopic (exact) mass is 395 g/mol. The molecule has 0 radical (unpaired) electrons. The molecule has 1 atom stereocenters. The Bertz CT molecular complexity index is 1060. The van der Waals surface area contributed by atoms with Crippen LogP contribution in [0.2, 0.25) is 0 Å². The summed E-state index contributed by atoms with van der Waals surface area (Å²) in [6, 6.07) is 11.7. The maximum absolute atomic E-state index is 13.2. The fraction of sp³-hybridized carbons (Fsp3) is 0.150. The summed E-state index contributed by atoms with van der Waals surface area (Å²) in [6.45, 7) is 2.97. The van der Waals surface area contributed by atoms with E-state index in [1.165, 1.54) is 31.2 Å². The number of halogens is 1. The molecule has 3 rings (SSSR count). The van der Waals surface area contributed by atoms with Crippen molar-refractivity contribution >= 4 is 17.5 Å². The number of Topliss-reactive ketones (excluding diaryl/α,β-unsaturated/α-hetero) is 1. The molecule has 0 fully saturated rings. The third kappa shape index (κ3) is 5.10. The molecule has 2 aromatic heterocycles. The summed E-state index contributed by atoms with van der Waals surface area (Å²) in [5.41, 5.74) is 6.07. The van der Waals surface area contributed by atoms with E-state index in [1.807, 2.05) is 0 Å². The van der Waals surface area contributed by atoms with Gasteiger partial charge >= 0.3 is 0 Å². The Labute approximate surface area is 166 Å². The number of hydrogen-bond acceptors (Lipinski definition) is 7. The lowest BCUT2D eigenvalue weighted by molar-refractivity contribution is -0.118. The van der Waals surface area contributed by atoms with Crippen molar-refractivity contribution in [3.63, 3.8) is 0 Å². The average Bonchev–Trinajstić information content (AvgIpc) is 2.68. The summed E-state index contributed by atoms with van der Waals surface area (Å²) in [5, 5.41) is 2.85. The third-order valence-electron chi connectivity index (χ3n) is 3.90. The number of aromatic nitrogens is 3. The number of nitrogens with two attached hydrogens (primary N) is 1. The molecule has 0 aliphatic rings. The first-order valence-electron chi connectivity index (χ1n) is 8.68. The zero-order chi connectivity index (χ0) is 21.0. The summed E-state index contributed by atoms with van der Waals surface area (Å²) in [5.74, 6) is -0.292. The molecule has 9 heteroatoms. The Morgan fingerprint density at radius 2 is 1.83 bits per heavy atom. The first-order valence-corrected chi connectivity index (χ1v) is 8.68. The highest BCUT2D eigenvalue weighted by Crippen LogP contribution is 2.24. The van der Waals surface area contributed by atoms with Crippen molar-refractivity contribution in [3.8, 4) is 23.0 Å². The van der Waals surface area contributed by atoms with Gasteiger partial charge in [-0.3, -0.25) is 9.59 Å². The molecule has 1 amide bonds. The van der Waals surface area contributed by atoms with Gasteiger partial charge in [-0.25, -0.2) is 9.97 Å². The Kier molecular flexibility index (Phi) is 5.77. The maximum atomic E-state index is 13.2. The van der Waals surface area contributed by atoms with E-state index in [2.05, 4.69) is 20.3 Å². The number of nitrogens with one attached hydrogen (secondary N) is 1. The van der Waals surface area contributed by atoms with Crippen LogP contribution in [0.4, 0.5) is 10.2 Å². The largest absolute Gasteiger partial charge is 0.439 e. The van der Waals surface area contributed by atoms with Gasteiger partial charge in [-0.1, -0.05) is 6.07 Å². The normalized spacial score (nSPS) is 11.6. The smallest absolute Gasteiger partial charge is 0.239 e. The number of ketones is 1. The molecule has 8 nitrogen and oxygen atoms in total. The molecule has 0 aliphatic carbocycles. The van der Waals surface area contributed by atoms with Gasteiger partial charge in [0.15, 0.2) is 11.6 Å². The Hall–Kier alpha value is -3.88. The first kappa shape index (κ1) is 19.9. The summed E-state index contributed by atoms with van der Waals surface area (Å²) in [4.78, 5) is 35.4. The van der Waals surface area contributed by atoms with Crippen LogP contribution < -0.4 is 15.8 Å². The van der Waals surface area contributed by atoms with E-state index in [1.54, 1.807) is 31.2 Å². The summed E-state index contributed by atoms with van der Waals surface area (Å²) >= 11 is 0. The fourth-order valence-corrected chi connectivity index (χ4v) is 2.36. The Morgan fingerprint density at radius 1 is 1.10 bits per heavy atom. The van der Waals surface area contributed by atoms with E-state index < -0.39 is 17.9 Å². The highest BCUT2D eigenvalue weighted by atomic mass is 19.1. The average molecular weight is 395 g/mol. The van der Waals surface area contributed by atoms with Gasteiger partial charge in [0.05, 0.1) is 0 Å². The highest BCUT2D eigenvalue weighted by molar-refractivity contribution is 5.93. The second-order valence-corrected chi connectivity index (χ2v) is 6.21. The van der Waals surface area contributed by atoms with Crippen molar-refractivity contribution in [3.05, 3.63) is 60.2 Å². The molecule has 0 saturated heterocycles. The molecule has 0 spiro atoms.